The van der Waals surface area contributed by atoms with E-state index >= 15 is 0 Å². The van der Waals surface area contributed by atoms with E-state index in [-0.39, 0.29) is 47.0 Å². The molecule has 2 heterocycles. The van der Waals surface area contributed by atoms with E-state index in [9.17, 15) is 13.2 Å². The van der Waals surface area contributed by atoms with Crippen LogP contribution in [-0.4, -0.2) is 59.5 Å². The molecule has 1 aliphatic heterocycles. The number of hydrogen-bond acceptors (Lipinski definition) is 4. The third kappa shape index (κ3) is 4.21. The van der Waals surface area contributed by atoms with Crippen molar-refractivity contribution in [3.05, 3.63) is 76.0 Å². The summed E-state index contributed by atoms with van der Waals surface area (Å²) in [5.41, 5.74) is 2.40. The summed E-state index contributed by atoms with van der Waals surface area (Å²) in [5, 5.41) is 4.42. The summed E-state index contributed by atoms with van der Waals surface area (Å²) in [6, 6.07) is 13.7. The van der Waals surface area contributed by atoms with Gasteiger partial charge in [-0.15, -0.1) is 0 Å². The second kappa shape index (κ2) is 8.63. The van der Waals surface area contributed by atoms with Gasteiger partial charge < -0.3 is 4.90 Å². The highest BCUT2D eigenvalue weighted by Crippen LogP contribution is 2.32. The monoisotopic (exact) mass is 478 g/mol. The van der Waals surface area contributed by atoms with E-state index in [0.717, 1.165) is 11.4 Å². The fourth-order valence-electron chi connectivity index (χ4n) is 3.56. The number of carbonyl (C=O) groups excluding carboxylic acids is 1. The Balaban J connectivity index is 1.45. The van der Waals surface area contributed by atoms with Crippen LogP contribution in [0.5, 0.6) is 0 Å². The summed E-state index contributed by atoms with van der Waals surface area (Å²) < 4.78 is 29.1. The topological polar surface area (TPSA) is 75.5 Å². The predicted octanol–water partition coefficient (Wildman–Crippen LogP) is 3.63. The van der Waals surface area contributed by atoms with Crippen molar-refractivity contribution in [2.45, 2.75) is 11.8 Å². The first-order chi connectivity index (χ1) is 14.8. The maximum atomic E-state index is 13.0. The molecule has 1 amide bonds. The third-order valence-corrected chi connectivity index (χ3v) is 8.09. The number of aromatic nitrogens is 2. The maximum absolute atomic E-state index is 13.0. The molecular formula is C21H20Cl2N4O3S. The minimum atomic E-state index is -3.85. The van der Waals surface area contributed by atoms with Gasteiger partial charge in [-0.25, -0.2) is 13.1 Å². The molecule has 4 rings (SSSR count). The van der Waals surface area contributed by atoms with Gasteiger partial charge in [0.15, 0.2) is 0 Å². The average Bonchev–Trinajstić information content (AvgIpc) is 3.19. The van der Waals surface area contributed by atoms with Gasteiger partial charge in [-0.05, 0) is 49.4 Å². The predicted molar refractivity (Wildman–Crippen MR) is 119 cm³/mol. The quantitative estimate of drug-likeness (QED) is 0.573. The number of aryl methyl sites for hydroxylation is 1. The van der Waals surface area contributed by atoms with Crippen LogP contribution in [0.2, 0.25) is 10.0 Å². The van der Waals surface area contributed by atoms with Gasteiger partial charge in [0.25, 0.3) is 5.91 Å². The van der Waals surface area contributed by atoms with Crippen molar-refractivity contribution in [2.75, 3.05) is 26.2 Å². The Morgan fingerprint density at radius 1 is 0.935 bits per heavy atom. The Hall–Kier alpha value is -2.39. The van der Waals surface area contributed by atoms with Crippen LogP contribution in [0.15, 0.2) is 59.6 Å². The van der Waals surface area contributed by atoms with E-state index in [1.807, 2.05) is 25.1 Å². The lowest BCUT2D eigenvalue weighted by Gasteiger charge is -2.34. The van der Waals surface area contributed by atoms with E-state index < -0.39 is 10.0 Å². The molecule has 0 bridgehead atoms. The minimum absolute atomic E-state index is 0.0820. The number of benzene rings is 2. The molecule has 0 spiro atoms. The molecule has 10 heteroatoms. The van der Waals surface area contributed by atoms with Crippen LogP contribution in [0.25, 0.3) is 5.69 Å². The molecule has 2 aromatic carbocycles. The molecule has 7 nitrogen and oxygen atoms in total. The molecular weight excluding hydrogens is 459 g/mol. The van der Waals surface area contributed by atoms with Gasteiger partial charge in [0, 0.05) is 43.6 Å². The number of piperazine rings is 1. The standard InChI is InChI=1S/C21H20Cl2N4O3S/c1-15-9-10-24-27(15)17-7-5-16(6-8-17)21(28)25-11-13-26(14-12-25)31(29,30)20-18(22)3-2-4-19(20)23/h2-10H,11-14H2,1H3. The Labute approximate surface area is 190 Å². The van der Waals surface area contributed by atoms with Crippen LogP contribution in [0.4, 0.5) is 0 Å². The molecule has 0 aliphatic carbocycles. The molecule has 1 aliphatic rings. The molecule has 0 saturated carbocycles. The molecule has 0 unspecified atom stereocenters. The van der Waals surface area contributed by atoms with Crippen molar-refractivity contribution >= 4 is 39.1 Å². The van der Waals surface area contributed by atoms with Gasteiger partial charge in [-0.1, -0.05) is 29.3 Å². The van der Waals surface area contributed by atoms with E-state index in [1.165, 1.54) is 16.4 Å². The molecule has 1 aromatic heterocycles. The zero-order valence-corrected chi connectivity index (χ0v) is 19.0. The highest BCUT2D eigenvalue weighted by molar-refractivity contribution is 7.89. The SMILES string of the molecule is Cc1ccnn1-c1ccc(C(=O)N2CCN(S(=O)(=O)c3c(Cl)cccc3Cl)CC2)cc1. The smallest absolute Gasteiger partial charge is 0.253 e. The molecule has 0 radical (unpaired) electrons. The number of nitrogens with zero attached hydrogens (tertiary/aromatic N) is 4. The Kier molecular flexibility index (Phi) is 6.07. The fraction of sp³-hybridized carbons (Fsp3) is 0.238. The minimum Gasteiger partial charge on any atom is -0.336 e. The number of amides is 1. The van der Waals surface area contributed by atoms with Gasteiger partial charge in [0.1, 0.15) is 4.90 Å². The van der Waals surface area contributed by atoms with E-state index in [2.05, 4.69) is 5.10 Å². The van der Waals surface area contributed by atoms with Gasteiger partial charge >= 0.3 is 0 Å². The van der Waals surface area contributed by atoms with Crippen LogP contribution in [-0.2, 0) is 10.0 Å². The summed E-state index contributed by atoms with van der Waals surface area (Å²) in [5.74, 6) is -0.142. The molecule has 0 N–H and O–H groups in total. The molecule has 162 valence electrons. The number of sulfonamides is 1. The lowest BCUT2D eigenvalue weighted by atomic mass is 10.1. The van der Waals surface area contributed by atoms with Gasteiger partial charge in [-0.3, -0.25) is 4.79 Å². The average molecular weight is 479 g/mol. The van der Waals surface area contributed by atoms with Crippen LogP contribution >= 0.6 is 23.2 Å². The van der Waals surface area contributed by atoms with Gasteiger partial charge in [0.05, 0.1) is 15.7 Å². The van der Waals surface area contributed by atoms with E-state index in [4.69, 9.17) is 23.2 Å². The first-order valence-corrected chi connectivity index (χ1v) is 11.8. The number of carbonyl (C=O) groups is 1. The Morgan fingerprint density at radius 2 is 1.55 bits per heavy atom. The normalized spacial score (nSPS) is 15.3. The summed E-state index contributed by atoms with van der Waals surface area (Å²) in [6.45, 7) is 2.84. The van der Waals surface area contributed by atoms with E-state index in [1.54, 1.807) is 34.0 Å². The van der Waals surface area contributed by atoms with Crippen molar-refractivity contribution in [3.8, 4) is 5.69 Å². The number of halogens is 2. The summed E-state index contributed by atoms with van der Waals surface area (Å²) in [7, 11) is -3.85. The number of hydrogen-bond donors (Lipinski definition) is 0. The van der Waals surface area contributed by atoms with Crippen LogP contribution < -0.4 is 0 Å². The molecule has 1 saturated heterocycles. The van der Waals surface area contributed by atoms with Crippen molar-refractivity contribution in [1.82, 2.24) is 19.0 Å². The Bertz CT molecular complexity index is 1200. The third-order valence-electron chi connectivity index (χ3n) is 5.23. The molecule has 0 atom stereocenters. The van der Waals surface area contributed by atoms with E-state index in [0.29, 0.717) is 5.56 Å². The largest absolute Gasteiger partial charge is 0.336 e. The molecule has 3 aromatic rings. The Morgan fingerprint density at radius 3 is 2.10 bits per heavy atom. The lowest BCUT2D eigenvalue weighted by Crippen LogP contribution is -2.50. The second-order valence-electron chi connectivity index (χ2n) is 7.18. The van der Waals surface area contributed by atoms with Crippen LogP contribution in [0.3, 0.4) is 0 Å². The van der Waals surface area contributed by atoms with Crippen molar-refractivity contribution in [3.63, 3.8) is 0 Å². The van der Waals surface area contributed by atoms with Crippen molar-refractivity contribution < 1.29 is 13.2 Å². The summed E-state index contributed by atoms with van der Waals surface area (Å²) in [4.78, 5) is 14.4. The van der Waals surface area contributed by atoms with Crippen molar-refractivity contribution in [1.29, 1.82) is 0 Å². The molecule has 1 fully saturated rings. The first-order valence-electron chi connectivity index (χ1n) is 9.63. The highest BCUT2D eigenvalue weighted by Gasteiger charge is 2.33. The highest BCUT2D eigenvalue weighted by atomic mass is 35.5. The first kappa shape index (κ1) is 21.8. The molecule has 31 heavy (non-hydrogen) atoms. The van der Waals surface area contributed by atoms with Crippen LogP contribution in [0.1, 0.15) is 16.1 Å². The summed E-state index contributed by atoms with van der Waals surface area (Å²) in [6.07, 6.45) is 1.72. The van der Waals surface area contributed by atoms with Gasteiger partial charge in [-0.2, -0.15) is 9.40 Å². The number of rotatable bonds is 4. The maximum Gasteiger partial charge on any atom is 0.253 e. The zero-order valence-electron chi connectivity index (χ0n) is 16.7. The van der Waals surface area contributed by atoms with Gasteiger partial charge in [0.2, 0.25) is 10.0 Å². The lowest BCUT2D eigenvalue weighted by molar-refractivity contribution is 0.0698. The zero-order chi connectivity index (χ0) is 22.2. The summed E-state index contributed by atoms with van der Waals surface area (Å²) >= 11 is 12.2. The van der Waals surface area contributed by atoms with Crippen LogP contribution in [0, 0.1) is 6.92 Å². The second-order valence-corrected chi connectivity index (χ2v) is 9.87. The van der Waals surface area contributed by atoms with Crippen molar-refractivity contribution in [2.24, 2.45) is 0 Å². The fourth-order valence-corrected chi connectivity index (χ4v) is 6.07.